The molecule has 5 aromatic heterocycles. The van der Waals surface area contributed by atoms with Gasteiger partial charge in [-0.15, -0.1) is 15.7 Å². The molecule has 12 heterocycles. The number of pyridine rings is 1. The van der Waals surface area contributed by atoms with Gasteiger partial charge in [-0.05, 0) is 163 Å². The molecule has 9 aromatic rings. The Morgan fingerprint density at radius 1 is 0.500 bits per heavy atom. The van der Waals surface area contributed by atoms with Crippen molar-refractivity contribution in [2.24, 2.45) is 22.2 Å². The van der Waals surface area contributed by atoms with Crippen molar-refractivity contribution in [2.45, 2.75) is 163 Å². The first-order chi connectivity index (χ1) is 60.3. The fourth-order valence-electron chi connectivity index (χ4n) is 15.5. The third-order valence-corrected chi connectivity index (χ3v) is 30.4. The molecule has 16 rings (SSSR count). The van der Waals surface area contributed by atoms with Crippen molar-refractivity contribution in [1.82, 2.24) is 57.8 Å². The minimum atomic E-state index is -4.31. The van der Waals surface area contributed by atoms with E-state index in [2.05, 4.69) is 125 Å². The normalized spacial score (nSPS) is 21.8. The molecule has 3 atom stereocenters. The number of aryl methyl sites for hydroxylation is 1. The number of hydrogen-bond donors (Lipinski definition) is 12. The minimum absolute atomic E-state index is 0.0369. The van der Waals surface area contributed by atoms with E-state index in [1.165, 1.54) is 108 Å². The number of nitrogens with zero attached hydrogens (tertiary/aromatic N) is 10. The largest absolute Gasteiger partial charge is 0.507 e. The minimum Gasteiger partial charge on any atom is -0.507 e. The van der Waals surface area contributed by atoms with Crippen molar-refractivity contribution in [1.29, 1.82) is 0 Å². The first-order valence-electron chi connectivity index (χ1n) is 40.0. The summed E-state index contributed by atoms with van der Waals surface area (Å²) < 4.78 is 222. The summed E-state index contributed by atoms with van der Waals surface area (Å²) in [6.07, 6.45) is 18.8. The Balaban J connectivity index is 0.000000148. The van der Waals surface area contributed by atoms with Gasteiger partial charge < -0.3 is 30.9 Å². The lowest BCUT2D eigenvalue weighted by Gasteiger charge is -2.38. The number of anilines is 8. The van der Waals surface area contributed by atoms with Crippen molar-refractivity contribution in [3.63, 3.8) is 0 Å². The maximum atomic E-state index is 13.3. The molecule has 7 aliphatic rings. The van der Waals surface area contributed by atoms with Crippen molar-refractivity contribution in [2.75, 3.05) is 65.2 Å². The van der Waals surface area contributed by atoms with Gasteiger partial charge in [-0.2, -0.15) is 18.6 Å². The molecule has 3 unspecified atom stereocenters. The molecule has 51 heteroatoms. The molecule has 0 saturated carbocycles. The zero-order valence-corrected chi connectivity index (χ0v) is 79.8. The standard InChI is InChI=1S/2C21H27N5O5S2.C20H26N6O5S2.C17H15N5O6S3/c1-13(2)7-9-21(3)12-15(19(27)17-8-10-22-26(17)21)20-23-16-6-5-14(24-32(4,28)29)11-18(16)33(30,31)25-20;1-13(2)7-8-21(3)10-15(19(27)17-11-22-12-26(17)21)20-23-16-6-5-14(24-32(4,28)29)9-18(16)33(30,31)25-20;1-12(2)7-8-20(3)10-14(17(27)19-21-11-22-26(19)20)18-23-15-6-5-13(24-32(4,28)29)9-16(15)33(30,31)25-18;1-9-8-22(17-18-5-6-29-17)16(24)13(14(9)23)15-19-11-4-3-10(20-30(2,25)26)7-12(11)31(27,28)21-15/h5-6,8,10-11,13,23-25H,7,9,12H2,1-4H3;5-6,9,11-13,23-25H,7-8,10H2,1-4H3;5-6,9,11-12,23-25H,7-8,10H2,1-4H3;3-8,20,23H,1-2H3,(H,19,21). The lowest BCUT2D eigenvalue weighted by atomic mass is 9.81. The number of fused-ring (bicyclic) bond motifs is 7. The number of rotatable bonds is 19. The summed E-state index contributed by atoms with van der Waals surface area (Å²) in [5, 5.41) is 33.0. The number of carbonyl (C=O) groups excluding carboxylic acids is 3. The number of amidine groups is 1. The van der Waals surface area contributed by atoms with Crippen LogP contribution in [0.2, 0.25) is 0 Å². The lowest BCUT2D eigenvalue weighted by molar-refractivity contribution is 0.0945. The summed E-state index contributed by atoms with van der Waals surface area (Å²) in [7, 11) is -30.8. The van der Waals surface area contributed by atoms with E-state index < -0.39 is 114 Å². The molecule has 7 aliphatic heterocycles. The van der Waals surface area contributed by atoms with E-state index in [9.17, 15) is 91.6 Å². The highest BCUT2D eigenvalue weighted by molar-refractivity contribution is 7.93. The van der Waals surface area contributed by atoms with Crippen LogP contribution >= 0.6 is 11.3 Å². The molecule has 0 fully saturated rings. The maximum absolute atomic E-state index is 13.3. The van der Waals surface area contributed by atoms with Crippen molar-refractivity contribution in [3.8, 4) is 10.9 Å². The van der Waals surface area contributed by atoms with Crippen LogP contribution in [0.1, 0.15) is 163 Å². The highest BCUT2D eigenvalue weighted by Crippen LogP contribution is 2.46. The lowest BCUT2D eigenvalue weighted by Crippen LogP contribution is -2.43. The molecule has 0 saturated heterocycles. The summed E-state index contributed by atoms with van der Waals surface area (Å²) >= 11 is 1.19. The van der Waals surface area contributed by atoms with E-state index in [0.717, 1.165) is 69.6 Å². The second kappa shape index (κ2) is 35.1. The fraction of sp³-hybridized carbons (Fsp3) is 0.367. The maximum Gasteiger partial charge on any atom is 0.286 e. The highest BCUT2D eigenvalue weighted by atomic mass is 32.2. The topological polar surface area (TPSA) is 590 Å². The van der Waals surface area contributed by atoms with Gasteiger partial charge in [0, 0.05) is 93.8 Å². The Morgan fingerprint density at radius 3 is 1.32 bits per heavy atom. The number of ketones is 3. The molecule has 0 bridgehead atoms. The monoisotopic (exact) mass is 1960 g/mol. The predicted molar refractivity (Wildman–Crippen MR) is 488 cm³/mol. The summed E-state index contributed by atoms with van der Waals surface area (Å²) in [6.45, 7) is 20.3. The number of nitrogens with one attached hydrogen (secondary N) is 11. The number of hydrogen-bond acceptors (Lipinski definition) is 31. The van der Waals surface area contributed by atoms with Gasteiger partial charge in [0.25, 0.3) is 45.7 Å². The highest BCUT2D eigenvalue weighted by Gasteiger charge is 2.47. The predicted octanol–water partition coefficient (Wildman–Crippen LogP) is 8.46. The summed E-state index contributed by atoms with van der Waals surface area (Å²) in [5.74, 6) is 0.0600. The number of allylic oxidation sites excluding steroid dienone is 3. The van der Waals surface area contributed by atoms with Crippen LogP contribution in [-0.2, 0) is 96.8 Å². The average Bonchev–Trinajstić information content (AvgIpc) is 1.46. The van der Waals surface area contributed by atoms with Crippen molar-refractivity contribution in [3.05, 3.63) is 195 Å². The second-order valence-electron chi connectivity index (χ2n) is 34.2. The Hall–Kier alpha value is -11.9. The van der Waals surface area contributed by atoms with E-state index in [1.807, 2.05) is 25.3 Å². The van der Waals surface area contributed by atoms with E-state index in [-0.39, 0.29) is 123 Å². The molecular formula is C79H95N21O21S9. The quantitative estimate of drug-likeness (QED) is 0.0338. The smallest absolute Gasteiger partial charge is 0.286 e. The molecule has 130 heavy (non-hydrogen) atoms. The van der Waals surface area contributed by atoms with Crippen molar-refractivity contribution >= 4 is 160 Å². The molecule has 0 spiro atoms. The fourth-order valence-corrected chi connectivity index (χ4v) is 23.2. The molecule has 0 amide bonds. The zero-order chi connectivity index (χ0) is 95.1. The first kappa shape index (κ1) is 95.7. The number of aromatic nitrogens is 9. The third kappa shape index (κ3) is 20.8. The van der Waals surface area contributed by atoms with Gasteiger partial charge in [0.2, 0.25) is 57.4 Å². The molecule has 42 nitrogen and oxygen atoms in total. The van der Waals surface area contributed by atoms with Gasteiger partial charge >= 0.3 is 0 Å². The number of aromatic hydroxyl groups is 1. The molecule has 12 N–H and O–H groups in total. The Kier molecular flexibility index (Phi) is 25.8. The van der Waals surface area contributed by atoms with Gasteiger partial charge in [0.15, 0.2) is 16.8 Å². The number of carbonyl (C=O) groups is 3. The van der Waals surface area contributed by atoms with Gasteiger partial charge in [0.05, 0.1) is 71.4 Å². The Morgan fingerprint density at radius 2 is 0.900 bits per heavy atom. The summed E-state index contributed by atoms with van der Waals surface area (Å²) in [6, 6.07) is 17.9. The molecule has 0 radical (unpaired) electrons. The molecule has 696 valence electrons. The van der Waals surface area contributed by atoms with Gasteiger partial charge in [-0.25, -0.2) is 78.6 Å². The molecule has 4 aromatic carbocycles. The van der Waals surface area contributed by atoms with E-state index in [4.69, 9.17) is 0 Å². The van der Waals surface area contributed by atoms with E-state index in [1.54, 1.807) is 40.3 Å². The summed E-state index contributed by atoms with van der Waals surface area (Å²) in [5.41, 5.74) is 0.769. The number of benzene rings is 4. The van der Waals surface area contributed by atoms with Crippen molar-refractivity contribution < 1.29 is 86.8 Å². The van der Waals surface area contributed by atoms with Gasteiger partial charge in [-0.1, -0.05) is 41.5 Å². The van der Waals surface area contributed by atoms with Crippen LogP contribution < -0.4 is 59.9 Å². The number of sulfonamides is 8. The first-order valence-corrected chi connectivity index (χ1v) is 54.3. The third-order valence-electron chi connectivity index (χ3n) is 21.7. The molecular weight excluding hydrogens is 1870 g/mol. The van der Waals surface area contributed by atoms with E-state index >= 15 is 0 Å². The Bertz CT molecular complexity index is 6860. The van der Waals surface area contributed by atoms with Gasteiger partial charge in [-0.3, -0.25) is 61.5 Å². The number of thiazole rings is 1. The van der Waals surface area contributed by atoms with Crippen LogP contribution in [0.15, 0.2) is 185 Å². The van der Waals surface area contributed by atoms with Gasteiger partial charge in [0.1, 0.15) is 66.1 Å². The van der Waals surface area contributed by atoms with Crippen LogP contribution in [0, 0.1) is 24.7 Å². The zero-order valence-electron chi connectivity index (χ0n) is 72.4. The molecule has 0 aliphatic carbocycles. The second-order valence-corrected chi connectivity index (χ2v) is 48.6. The van der Waals surface area contributed by atoms with E-state index in [0.29, 0.717) is 63.8 Å². The Labute approximate surface area is 755 Å². The average molecular weight is 1960 g/mol. The van der Waals surface area contributed by atoms with Crippen LogP contribution in [0.3, 0.4) is 0 Å². The number of imidazole rings is 1. The van der Waals surface area contributed by atoms with Crippen LogP contribution in [0.4, 0.5) is 45.5 Å². The summed E-state index contributed by atoms with van der Waals surface area (Å²) in [4.78, 5) is 64.5. The van der Waals surface area contributed by atoms with Crippen LogP contribution in [-0.4, -0.2) is 164 Å². The SMILES string of the molecule is CC(C)CCC1(C)CC(=C2Nc3ccc(NS(C)(=O)=O)cc3S(=O)(=O)N2)C(=O)c2ccnn21.CC(C)CCC1(C)CC(=C2Nc3ccc(NS(C)(=O)=O)cc3S(=O)(=O)N2)C(=O)c2cncn21.CC(C)CCC1(C)CC(=C2Nc3ccc(NS(C)(=O)=O)cc3S(=O)(=O)N2)C(=O)c2ncnn21.Cc1cn(-c2nccs2)c(=O)c(C2=NS(=O)(=O)c3cc(NS(C)(=O)=O)ccc3N2)c1O. The van der Waals surface area contributed by atoms with Crippen LogP contribution in [0.5, 0.6) is 5.75 Å². The van der Waals surface area contributed by atoms with Crippen LogP contribution in [0.25, 0.3) is 5.13 Å². The number of Topliss-reactive ketones (excluding diaryl/α,β-unsaturated/α-hetero) is 3.